The summed E-state index contributed by atoms with van der Waals surface area (Å²) >= 11 is 0.834. The minimum absolute atomic E-state index is 0.108. The first kappa shape index (κ1) is 21.6. The van der Waals surface area contributed by atoms with Crippen LogP contribution in [0.15, 0.2) is 54.0 Å². The van der Waals surface area contributed by atoms with E-state index >= 15 is 0 Å². The molecule has 1 saturated heterocycles. The minimum atomic E-state index is -0.453. The van der Waals surface area contributed by atoms with Crippen LogP contribution in [0.2, 0.25) is 0 Å². The number of carbonyl (C=O) groups is 2. The fraction of sp³-hybridized carbons (Fsp3) is 0.217. The molecule has 3 rings (SSSR count). The molecule has 0 unspecified atom stereocenters. The molecule has 0 aromatic heterocycles. The summed E-state index contributed by atoms with van der Waals surface area (Å²) in [4.78, 5) is 26.5. The van der Waals surface area contributed by atoms with Gasteiger partial charge in [-0.2, -0.15) is 0 Å². The zero-order valence-electron chi connectivity index (χ0n) is 16.8. The molecule has 0 spiro atoms. The molecule has 30 heavy (non-hydrogen) atoms. The summed E-state index contributed by atoms with van der Waals surface area (Å²) in [5.41, 5.74) is 1.85. The van der Waals surface area contributed by atoms with Gasteiger partial charge < -0.3 is 9.47 Å². The van der Waals surface area contributed by atoms with Gasteiger partial charge in [-0.15, -0.1) is 6.58 Å². The molecule has 0 atom stereocenters. The summed E-state index contributed by atoms with van der Waals surface area (Å²) in [6.45, 7) is 5.98. The van der Waals surface area contributed by atoms with Crippen LogP contribution in [-0.2, 0) is 17.8 Å². The fourth-order valence-corrected chi connectivity index (χ4v) is 3.99. The van der Waals surface area contributed by atoms with Crippen molar-refractivity contribution in [1.29, 1.82) is 0 Å². The van der Waals surface area contributed by atoms with Crippen LogP contribution in [0.3, 0.4) is 0 Å². The molecule has 0 radical (unpaired) electrons. The lowest BCUT2D eigenvalue weighted by Crippen LogP contribution is -2.27. The Hall–Kier alpha value is -3.06. The number of thioether (sulfide) groups is 1. The molecular formula is C23H22FNO4S. The van der Waals surface area contributed by atoms with E-state index in [0.717, 1.165) is 22.2 Å². The van der Waals surface area contributed by atoms with E-state index in [1.54, 1.807) is 43.5 Å². The highest BCUT2D eigenvalue weighted by Crippen LogP contribution is 2.37. The van der Waals surface area contributed by atoms with Crippen LogP contribution in [0.25, 0.3) is 6.08 Å². The van der Waals surface area contributed by atoms with Crippen molar-refractivity contribution < 1.29 is 23.5 Å². The van der Waals surface area contributed by atoms with Crippen molar-refractivity contribution in [2.75, 3.05) is 13.7 Å². The molecule has 0 bridgehead atoms. The number of rotatable bonds is 8. The van der Waals surface area contributed by atoms with Crippen LogP contribution in [0.1, 0.15) is 23.6 Å². The number of ether oxygens (including phenoxy) is 2. The maximum atomic E-state index is 13.9. The zero-order valence-corrected chi connectivity index (χ0v) is 17.6. The molecule has 0 saturated carbocycles. The Balaban J connectivity index is 1.93. The van der Waals surface area contributed by atoms with Crippen LogP contribution in [0, 0.1) is 5.82 Å². The first-order chi connectivity index (χ1) is 14.5. The highest BCUT2D eigenvalue weighted by Gasteiger charge is 2.35. The zero-order chi connectivity index (χ0) is 21.7. The molecule has 1 aliphatic heterocycles. The van der Waals surface area contributed by atoms with E-state index in [1.807, 2.05) is 13.0 Å². The number of halogens is 1. The monoisotopic (exact) mass is 427 g/mol. The van der Waals surface area contributed by atoms with Crippen molar-refractivity contribution in [1.82, 2.24) is 4.90 Å². The number of benzene rings is 2. The normalized spacial score (nSPS) is 15.0. The van der Waals surface area contributed by atoms with E-state index in [-0.39, 0.29) is 17.0 Å². The molecule has 2 aromatic rings. The third-order valence-corrected chi connectivity index (χ3v) is 5.39. The maximum Gasteiger partial charge on any atom is 0.293 e. The Morgan fingerprint density at radius 2 is 1.97 bits per heavy atom. The molecule has 0 aliphatic carbocycles. The van der Waals surface area contributed by atoms with Gasteiger partial charge in [0.25, 0.3) is 11.1 Å². The third kappa shape index (κ3) is 4.57. The van der Waals surface area contributed by atoms with Gasteiger partial charge in [-0.05, 0) is 54.9 Å². The number of methoxy groups -OCH3 is 1. The van der Waals surface area contributed by atoms with Gasteiger partial charge in [0.2, 0.25) is 0 Å². The van der Waals surface area contributed by atoms with Gasteiger partial charge in [0.15, 0.2) is 11.5 Å². The second kappa shape index (κ2) is 9.63. The van der Waals surface area contributed by atoms with Crippen LogP contribution in [-0.4, -0.2) is 29.8 Å². The molecule has 0 N–H and O–H groups in total. The van der Waals surface area contributed by atoms with Crippen LogP contribution in [0.4, 0.5) is 9.18 Å². The second-order valence-electron chi connectivity index (χ2n) is 6.50. The van der Waals surface area contributed by atoms with E-state index in [1.165, 1.54) is 6.07 Å². The Morgan fingerprint density at radius 1 is 1.20 bits per heavy atom. The SMILES string of the molecule is C=CCc1cc(/C=C2\SC(=O)N(Cc3ccccc3F)C2=O)cc(OCC)c1OC. The number of hydrogen-bond donors (Lipinski definition) is 0. The molecule has 1 aliphatic rings. The number of amides is 2. The van der Waals surface area contributed by atoms with E-state index < -0.39 is 17.0 Å². The summed E-state index contributed by atoms with van der Waals surface area (Å²) < 4.78 is 25.1. The Bertz CT molecular complexity index is 1020. The average molecular weight is 427 g/mol. The Morgan fingerprint density at radius 3 is 2.63 bits per heavy atom. The predicted octanol–water partition coefficient (Wildman–Crippen LogP) is 5.20. The fourth-order valence-electron chi connectivity index (χ4n) is 3.15. The van der Waals surface area contributed by atoms with E-state index in [0.29, 0.717) is 30.1 Å². The first-order valence-corrected chi connectivity index (χ1v) is 10.2. The number of hydrogen-bond acceptors (Lipinski definition) is 5. The highest BCUT2D eigenvalue weighted by atomic mass is 32.2. The molecule has 2 amide bonds. The lowest BCUT2D eigenvalue weighted by molar-refractivity contribution is -0.123. The second-order valence-corrected chi connectivity index (χ2v) is 7.49. The Labute approximate surface area is 179 Å². The Kier molecular flexibility index (Phi) is 6.95. The number of imide groups is 1. The highest BCUT2D eigenvalue weighted by molar-refractivity contribution is 8.18. The van der Waals surface area contributed by atoms with Crippen molar-refractivity contribution >= 4 is 29.0 Å². The van der Waals surface area contributed by atoms with E-state index in [9.17, 15) is 14.0 Å². The molecule has 156 valence electrons. The topological polar surface area (TPSA) is 55.8 Å². The third-order valence-electron chi connectivity index (χ3n) is 4.48. The summed E-state index contributed by atoms with van der Waals surface area (Å²) in [6, 6.07) is 9.72. The van der Waals surface area contributed by atoms with Crippen molar-refractivity contribution in [3.8, 4) is 11.5 Å². The molecule has 7 heteroatoms. The minimum Gasteiger partial charge on any atom is -0.493 e. The van der Waals surface area contributed by atoms with Crippen LogP contribution in [0.5, 0.6) is 11.5 Å². The van der Waals surface area contributed by atoms with Gasteiger partial charge in [0.1, 0.15) is 5.82 Å². The number of carbonyl (C=O) groups excluding carboxylic acids is 2. The number of nitrogens with zero attached hydrogens (tertiary/aromatic N) is 1. The summed E-state index contributed by atoms with van der Waals surface area (Å²) in [6.07, 6.45) is 3.94. The molecule has 1 heterocycles. The van der Waals surface area contributed by atoms with Crippen LogP contribution < -0.4 is 9.47 Å². The largest absolute Gasteiger partial charge is 0.493 e. The molecule has 5 nitrogen and oxygen atoms in total. The van der Waals surface area contributed by atoms with E-state index in [4.69, 9.17) is 9.47 Å². The van der Waals surface area contributed by atoms with Gasteiger partial charge in [0, 0.05) is 11.1 Å². The predicted molar refractivity (Wildman–Crippen MR) is 116 cm³/mol. The summed E-state index contributed by atoms with van der Waals surface area (Å²) in [7, 11) is 1.57. The van der Waals surface area contributed by atoms with Gasteiger partial charge >= 0.3 is 0 Å². The van der Waals surface area contributed by atoms with Crippen LogP contribution >= 0.6 is 11.8 Å². The lowest BCUT2D eigenvalue weighted by atomic mass is 10.0. The first-order valence-electron chi connectivity index (χ1n) is 9.41. The summed E-state index contributed by atoms with van der Waals surface area (Å²) in [5, 5.41) is -0.431. The van der Waals surface area contributed by atoms with Gasteiger partial charge in [-0.1, -0.05) is 24.3 Å². The van der Waals surface area contributed by atoms with Gasteiger partial charge in [-0.3, -0.25) is 14.5 Å². The standard InChI is InChI=1S/C23H22FNO4S/c1-4-8-16-11-15(12-19(29-5-2)21(16)28-3)13-20-22(26)25(23(27)30-20)14-17-9-6-7-10-18(17)24/h4,6-7,9-13H,1,5,8,14H2,2-3H3/b20-13-. The van der Waals surface area contributed by atoms with Gasteiger partial charge in [-0.25, -0.2) is 4.39 Å². The van der Waals surface area contributed by atoms with Crippen molar-refractivity contribution in [3.05, 3.63) is 76.5 Å². The van der Waals surface area contributed by atoms with Crippen molar-refractivity contribution in [2.45, 2.75) is 19.9 Å². The molecular weight excluding hydrogens is 405 g/mol. The molecule has 2 aromatic carbocycles. The molecule has 1 fully saturated rings. The van der Waals surface area contributed by atoms with Crippen molar-refractivity contribution in [3.63, 3.8) is 0 Å². The lowest BCUT2D eigenvalue weighted by Gasteiger charge is -2.15. The number of allylic oxidation sites excluding steroid dienone is 1. The maximum absolute atomic E-state index is 13.9. The average Bonchev–Trinajstić information content (AvgIpc) is 2.97. The van der Waals surface area contributed by atoms with E-state index in [2.05, 4.69) is 6.58 Å². The summed E-state index contributed by atoms with van der Waals surface area (Å²) in [5.74, 6) is 0.260. The quantitative estimate of drug-likeness (QED) is 0.428. The van der Waals surface area contributed by atoms with Crippen molar-refractivity contribution in [2.24, 2.45) is 0 Å². The smallest absolute Gasteiger partial charge is 0.293 e. The van der Waals surface area contributed by atoms with Gasteiger partial charge in [0.05, 0.1) is 25.2 Å².